The van der Waals surface area contributed by atoms with Gasteiger partial charge in [-0.25, -0.2) is 0 Å². The van der Waals surface area contributed by atoms with Crippen LogP contribution in [0.4, 0.5) is 0 Å². The van der Waals surface area contributed by atoms with Gasteiger partial charge in [0.2, 0.25) is 11.8 Å². The molecule has 0 saturated carbocycles. The monoisotopic (exact) mass is 433 g/mol. The van der Waals surface area contributed by atoms with Gasteiger partial charge in [-0.1, -0.05) is 30.3 Å². The Kier molecular flexibility index (Phi) is 6.45. The van der Waals surface area contributed by atoms with Crippen molar-refractivity contribution in [2.45, 2.75) is 6.42 Å². The lowest BCUT2D eigenvalue weighted by atomic mass is 10.1. The summed E-state index contributed by atoms with van der Waals surface area (Å²) in [5.74, 6) is 2.09. The highest BCUT2D eigenvalue weighted by Crippen LogP contribution is 2.31. The normalized spacial score (nSPS) is 10.7. The quantitative estimate of drug-likeness (QED) is 0.405. The molecule has 0 aliphatic heterocycles. The zero-order valence-corrected chi connectivity index (χ0v) is 17.8. The van der Waals surface area contributed by atoms with E-state index in [4.69, 9.17) is 14.2 Å². The second-order valence-electron chi connectivity index (χ2n) is 6.90. The zero-order valence-electron chi connectivity index (χ0n) is 17.8. The molecule has 4 rings (SSSR count). The molecule has 2 heterocycles. The molecule has 0 spiro atoms. The Hall–Kier alpha value is -4.14. The van der Waals surface area contributed by atoms with Crippen LogP contribution in [0.3, 0.4) is 0 Å². The molecule has 2 aromatic carbocycles. The first kappa shape index (κ1) is 21.1. The minimum absolute atomic E-state index is 0.0576. The molecule has 0 unspecified atom stereocenters. The number of carbonyl (C=O) groups is 1. The number of nitrogens with zero attached hydrogens (tertiary/aromatic N) is 4. The van der Waals surface area contributed by atoms with E-state index in [9.17, 15) is 4.79 Å². The van der Waals surface area contributed by atoms with Crippen LogP contribution in [0.2, 0.25) is 0 Å². The van der Waals surface area contributed by atoms with E-state index in [-0.39, 0.29) is 12.5 Å². The van der Waals surface area contributed by atoms with E-state index >= 15 is 0 Å². The summed E-state index contributed by atoms with van der Waals surface area (Å²) in [6.45, 7) is 0.656. The highest BCUT2D eigenvalue weighted by atomic mass is 16.5. The largest absolute Gasteiger partial charge is 0.493 e. The number of nitrogens with one attached hydrogen (secondary N) is 1. The molecule has 32 heavy (non-hydrogen) atoms. The van der Waals surface area contributed by atoms with Crippen LogP contribution in [0.5, 0.6) is 17.4 Å². The van der Waals surface area contributed by atoms with Gasteiger partial charge in [0, 0.05) is 11.6 Å². The number of amides is 1. The van der Waals surface area contributed by atoms with Crippen molar-refractivity contribution in [1.29, 1.82) is 0 Å². The van der Waals surface area contributed by atoms with Crippen LogP contribution < -0.4 is 19.5 Å². The number of hydrogen-bond acceptors (Lipinski definition) is 7. The minimum Gasteiger partial charge on any atom is -0.493 e. The van der Waals surface area contributed by atoms with Gasteiger partial charge in [-0.15, -0.1) is 15.3 Å². The average Bonchev–Trinajstić information content (AvgIpc) is 3.25. The van der Waals surface area contributed by atoms with Crippen LogP contribution in [-0.2, 0) is 11.2 Å². The van der Waals surface area contributed by atoms with Gasteiger partial charge in [0.1, 0.15) is 6.61 Å². The fourth-order valence-electron chi connectivity index (χ4n) is 3.19. The average molecular weight is 433 g/mol. The Balaban J connectivity index is 1.40. The van der Waals surface area contributed by atoms with Crippen LogP contribution in [0, 0.1) is 0 Å². The van der Waals surface area contributed by atoms with E-state index < -0.39 is 0 Å². The third-order valence-electron chi connectivity index (χ3n) is 4.76. The summed E-state index contributed by atoms with van der Waals surface area (Å²) in [7, 11) is 3.16. The predicted molar refractivity (Wildman–Crippen MR) is 118 cm³/mol. The SMILES string of the molecule is COc1ccc(-c2nnc3ccc(OCCNC(=O)Cc4ccccc4)nn23)cc1OC. The first-order chi connectivity index (χ1) is 15.7. The molecule has 0 bridgehead atoms. The van der Waals surface area contributed by atoms with Crippen LogP contribution >= 0.6 is 0 Å². The standard InChI is InChI=1S/C23H23N5O4/c1-30-18-9-8-17(15-19(18)31-2)23-26-25-20-10-11-22(27-28(20)23)32-13-12-24-21(29)14-16-6-4-3-5-7-16/h3-11,15H,12-14H2,1-2H3,(H,24,29). The molecule has 1 amide bonds. The summed E-state index contributed by atoms with van der Waals surface area (Å²) in [5, 5.41) is 15.7. The number of ether oxygens (including phenoxy) is 3. The lowest BCUT2D eigenvalue weighted by Gasteiger charge is -2.09. The molecule has 0 saturated heterocycles. The summed E-state index contributed by atoms with van der Waals surface area (Å²) in [5.41, 5.74) is 2.32. The third kappa shape index (κ3) is 4.77. The van der Waals surface area contributed by atoms with Crippen molar-refractivity contribution < 1.29 is 19.0 Å². The molecule has 4 aromatic rings. The number of methoxy groups -OCH3 is 2. The van der Waals surface area contributed by atoms with E-state index in [2.05, 4.69) is 20.6 Å². The Bertz CT molecular complexity index is 1210. The molecule has 164 valence electrons. The first-order valence-electron chi connectivity index (χ1n) is 10.1. The van der Waals surface area contributed by atoms with Crippen molar-refractivity contribution in [3.63, 3.8) is 0 Å². The van der Waals surface area contributed by atoms with E-state index in [1.807, 2.05) is 42.5 Å². The van der Waals surface area contributed by atoms with Gasteiger partial charge >= 0.3 is 0 Å². The van der Waals surface area contributed by atoms with Crippen molar-refractivity contribution in [2.75, 3.05) is 27.4 Å². The topological polar surface area (TPSA) is 99.9 Å². The van der Waals surface area contributed by atoms with Gasteiger partial charge in [-0.05, 0) is 29.8 Å². The summed E-state index contributed by atoms with van der Waals surface area (Å²) in [6, 6.07) is 18.5. The molecule has 1 N–H and O–H groups in total. The van der Waals surface area contributed by atoms with E-state index in [0.29, 0.717) is 41.8 Å². The lowest BCUT2D eigenvalue weighted by Crippen LogP contribution is -2.29. The number of rotatable bonds is 9. The third-order valence-corrected chi connectivity index (χ3v) is 4.76. The van der Waals surface area contributed by atoms with Crippen LogP contribution in [0.15, 0.2) is 60.7 Å². The first-order valence-corrected chi connectivity index (χ1v) is 10.1. The zero-order chi connectivity index (χ0) is 22.3. The highest BCUT2D eigenvalue weighted by molar-refractivity contribution is 5.78. The second kappa shape index (κ2) is 9.78. The molecule has 0 radical (unpaired) electrons. The molecule has 0 atom stereocenters. The van der Waals surface area contributed by atoms with Crippen LogP contribution in [-0.4, -0.2) is 53.1 Å². The Morgan fingerprint density at radius 1 is 0.969 bits per heavy atom. The maximum absolute atomic E-state index is 12.0. The van der Waals surface area contributed by atoms with Gasteiger partial charge in [-0.2, -0.15) is 4.52 Å². The van der Waals surface area contributed by atoms with Gasteiger partial charge in [0.15, 0.2) is 23.0 Å². The summed E-state index contributed by atoms with van der Waals surface area (Å²) in [4.78, 5) is 12.0. The summed E-state index contributed by atoms with van der Waals surface area (Å²) >= 11 is 0. The summed E-state index contributed by atoms with van der Waals surface area (Å²) in [6.07, 6.45) is 0.334. The van der Waals surface area contributed by atoms with Crippen molar-refractivity contribution in [3.8, 4) is 28.8 Å². The van der Waals surface area contributed by atoms with Crippen molar-refractivity contribution in [2.24, 2.45) is 0 Å². The van der Waals surface area contributed by atoms with E-state index in [0.717, 1.165) is 11.1 Å². The van der Waals surface area contributed by atoms with Crippen molar-refractivity contribution in [1.82, 2.24) is 25.1 Å². The Labute approximate surface area is 185 Å². The van der Waals surface area contributed by atoms with Gasteiger partial charge in [-0.3, -0.25) is 4.79 Å². The van der Waals surface area contributed by atoms with Crippen molar-refractivity contribution >= 4 is 11.6 Å². The molecule has 0 fully saturated rings. The number of carbonyl (C=O) groups excluding carboxylic acids is 1. The van der Waals surface area contributed by atoms with E-state index in [1.165, 1.54) is 0 Å². The van der Waals surface area contributed by atoms with Crippen LogP contribution in [0.1, 0.15) is 5.56 Å². The van der Waals surface area contributed by atoms with Crippen molar-refractivity contribution in [3.05, 3.63) is 66.2 Å². The molecule has 0 aliphatic carbocycles. The smallest absolute Gasteiger partial charge is 0.231 e. The molecular weight excluding hydrogens is 410 g/mol. The van der Waals surface area contributed by atoms with Gasteiger partial charge in [0.05, 0.1) is 27.2 Å². The molecule has 0 aliphatic rings. The van der Waals surface area contributed by atoms with Gasteiger partial charge in [0.25, 0.3) is 0 Å². The maximum atomic E-state index is 12.0. The molecule has 9 heteroatoms. The minimum atomic E-state index is -0.0576. The van der Waals surface area contributed by atoms with E-state index in [1.54, 1.807) is 36.9 Å². The molecule has 2 aromatic heterocycles. The number of aromatic nitrogens is 4. The second-order valence-corrected chi connectivity index (χ2v) is 6.90. The van der Waals surface area contributed by atoms with Gasteiger partial charge < -0.3 is 19.5 Å². The Morgan fingerprint density at radius 3 is 2.56 bits per heavy atom. The number of benzene rings is 2. The maximum Gasteiger partial charge on any atom is 0.231 e. The number of fused-ring (bicyclic) bond motifs is 1. The molecule has 9 nitrogen and oxygen atoms in total. The highest BCUT2D eigenvalue weighted by Gasteiger charge is 2.13. The van der Waals surface area contributed by atoms with Crippen LogP contribution in [0.25, 0.3) is 17.0 Å². The fraction of sp³-hybridized carbons (Fsp3) is 0.217. The molecular formula is C23H23N5O4. The number of hydrogen-bond donors (Lipinski definition) is 1. The summed E-state index contributed by atoms with van der Waals surface area (Å²) < 4.78 is 18.0. The fourth-order valence-corrected chi connectivity index (χ4v) is 3.19. The Morgan fingerprint density at radius 2 is 1.78 bits per heavy atom. The predicted octanol–water partition coefficient (Wildman–Crippen LogP) is 2.55. The lowest BCUT2D eigenvalue weighted by molar-refractivity contribution is -0.120.